The van der Waals surface area contributed by atoms with Crippen molar-refractivity contribution in [3.63, 3.8) is 0 Å². The molecule has 1 amide bonds. The molecule has 6 rings (SSSR count). The molecule has 1 unspecified atom stereocenters. The number of benzene rings is 1. The molecule has 164 valence electrons. The zero-order valence-corrected chi connectivity index (χ0v) is 18.0. The quantitative estimate of drug-likeness (QED) is 0.673. The van der Waals surface area contributed by atoms with Crippen LogP contribution in [0.3, 0.4) is 0 Å². The lowest BCUT2D eigenvalue weighted by Crippen LogP contribution is -2.44. The lowest BCUT2D eigenvalue weighted by molar-refractivity contribution is 0.0976. The highest BCUT2D eigenvalue weighted by Crippen LogP contribution is 2.50. The van der Waals surface area contributed by atoms with Gasteiger partial charge in [-0.05, 0) is 42.2 Å². The number of aromatic nitrogens is 4. The van der Waals surface area contributed by atoms with Gasteiger partial charge in [0.15, 0.2) is 0 Å². The lowest BCUT2D eigenvalue weighted by Gasteiger charge is -2.42. The van der Waals surface area contributed by atoms with Crippen LogP contribution in [0.15, 0.2) is 48.9 Å². The van der Waals surface area contributed by atoms with E-state index in [0.29, 0.717) is 12.2 Å². The molecule has 1 spiro atoms. The Morgan fingerprint density at radius 1 is 1.03 bits per heavy atom. The van der Waals surface area contributed by atoms with Crippen LogP contribution in [0.2, 0.25) is 0 Å². The van der Waals surface area contributed by atoms with E-state index in [1.54, 1.807) is 23.5 Å². The van der Waals surface area contributed by atoms with Gasteiger partial charge in [0.1, 0.15) is 17.3 Å². The van der Waals surface area contributed by atoms with Crippen molar-refractivity contribution < 1.29 is 4.79 Å². The number of piperidine rings is 1. The van der Waals surface area contributed by atoms with Gasteiger partial charge < -0.3 is 10.6 Å². The average Bonchev–Trinajstić information content (AvgIpc) is 3.43. The van der Waals surface area contributed by atoms with E-state index in [0.717, 1.165) is 57.0 Å². The van der Waals surface area contributed by atoms with Crippen molar-refractivity contribution in [2.45, 2.75) is 38.3 Å². The zero-order chi connectivity index (χ0) is 21.7. The van der Waals surface area contributed by atoms with E-state index in [1.807, 2.05) is 10.7 Å². The van der Waals surface area contributed by atoms with Gasteiger partial charge in [0, 0.05) is 38.3 Å². The molecule has 2 aromatic heterocycles. The predicted molar refractivity (Wildman–Crippen MR) is 122 cm³/mol. The van der Waals surface area contributed by atoms with Gasteiger partial charge >= 0.3 is 0 Å². The first kappa shape index (κ1) is 19.4. The number of carbonyl (C=O) groups excluding carboxylic acids is 1. The zero-order valence-electron chi connectivity index (χ0n) is 18.0. The van der Waals surface area contributed by atoms with E-state index in [-0.39, 0.29) is 17.4 Å². The molecule has 4 heterocycles. The summed E-state index contributed by atoms with van der Waals surface area (Å²) in [4.78, 5) is 26.1. The molecule has 0 bridgehead atoms. The van der Waals surface area contributed by atoms with Gasteiger partial charge in [-0.3, -0.25) is 9.69 Å². The summed E-state index contributed by atoms with van der Waals surface area (Å²) in [6, 6.07) is 10.6. The fourth-order valence-corrected chi connectivity index (χ4v) is 5.65. The number of hydrogen-bond donors (Lipinski definition) is 1. The minimum absolute atomic E-state index is 0.102. The first-order chi connectivity index (χ1) is 15.6. The van der Waals surface area contributed by atoms with Crippen LogP contribution >= 0.6 is 0 Å². The van der Waals surface area contributed by atoms with Crippen molar-refractivity contribution in [1.29, 1.82) is 0 Å². The Morgan fingerprint density at radius 3 is 2.66 bits per heavy atom. The molecule has 8 heteroatoms. The summed E-state index contributed by atoms with van der Waals surface area (Å²) in [5.74, 6) is 1.52. The molecule has 1 saturated heterocycles. The fourth-order valence-electron chi connectivity index (χ4n) is 5.65. The normalized spacial score (nSPS) is 21.5. The van der Waals surface area contributed by atoms with E-state index >= 15 is 0 Å². The van der Waals surface area contributed by atoms with Gasteiger partial charge in [-0.2, -0.15) is 5.10 Å². The van der Waals surface area contributed by atoms with E-state index < -0.39 is 0 Å². The van der Waals surface area contributed by atoms with Gasteiger partial charge in [0.25, 0.3) is 5.91 Å². The predicted octanol–water partition coefficient (Wildman–Crippen LogP) is 2.57. The first-order valence-corrected chi connectivity index (χ1v) is 11.4. The van der Waals surface area contributed by atoms with Crippen molar-refractivity contribution in [3.8, 4) is 0 Å². The highest BCUT2D eigenvalue weighted by atomic mass is 16.2. The second kappa shape index (κ2) is 7.41. The number of anilines is 2. The van der Waals surface area contributed by atoms with Crippen molar-refractivity contribution in [2.75, 3.05) is 29.4 Å². The molecule has 3 aliphatic rings. The van der Waals surface area contributed by atoms with Crippen LogP contribution < -0.4 is 15.5 Å². The molecule has 32 heavy (non-hydrogen) atoms. The molecular formula is C24H27N7O. The topological polar surface area (TPSA) is 93.2 Å². The summed E-state index contributed by atoms with van der Waals surface area (Å²) in [6.45, 7) is 3.30. The minimum Gasteiger partial charge on any atom is -0.355 e. The average molecular weight is 430 g/mol. The molecule has 1 aromatic carbocycles. The maximum atomic E-state index is 13.0. The van der Waals surface area contributed by atoms with E-state index in [4.69, 9.17) is 5.73 Å². The van der Waals surface area contributed by atoms with Gasteiger partial charge in [-0.1, -0.05) is 24.3 Å². The van der Waals surface area contributed by atoms with Gasteiger partial charge in [0.2, 0.25) is 0 Å². The number of carbonyl (C=O) groups is 1. The standard InChI is InChI=1S/C24H27N7O/c25-22-18-5-2-1-4-17(18)14-24(22)7-12-29(13-8-24)20-16-26-19(15-27-20)23(32)30-10-3-11-31-21(30)6-9-28-31/h1-2,4-6,9,15-16,22H,3,7-8,10-14,25H2. The van der Waals surface area contributed by atoms with E-state index in [2.05, 4.69) is 44.2 Å². The van der Waals surface area contributed by atoms with Crippen LogP contribution in [0.1, 0.15) is 46.9 Å². The summed E-state index contributed by atoms with van der Waals surface area (Å²) < 4.78 is 1.86. The van der Waals surface area contributed by atoms with Crippen LogP contribution in [-0.4, -0.2) is 45.3 Å². The monoisotopic (exact) mass is 429 g/mol. The molecule has 1 fully saturated rings. The maximum Gasteiger partial charge on any atom is 0.279 e. The Labute approximate surface area is 187 Å². The summed E-state index contributed by atoms with van der Waals surface area (Å²) in [5.41, 5.74) is 9.91. The molecule has 0 radical (unpaired) electrons. The van der Waals surface area contributed by atoms with Crippen LogP contribution in [-0.2, 0) is 13.0 Å². The lowest BCUT2D eigenvalue weighted by atomic mass is 9.73. The van der Waals surface area contributed by atoms with Gasteiger partial charge in [0.05, 0.1) is 18.6 Å². The summed E-state index contributed by atoms with van der Waals surface area (Å²) in [6.07, 6.45) is 9.07. The summed E-state index contributed by atoms with van der Waals surface area (Å²) in [5, 5.41) is 4.28. The third-order valence-electron chi connectivity index (χ3n) is 7.50. The van der Waals surface area contributed by atoms with Gasteiger partial charge in [-0.15, -0.1) is 0 Å². The van der Waals surface area contributed by atoms with Crippen LogP contribution in [0.25, 0.3) is 0 Å². The molecule has 1 atom stereocenters. The van der Waals surface area contributed by atoms with Crippen molar-refractivity contribution >= 4 is 17.5 Å². The van der Waals surface area contributed by atoms with Crippen molar-refractivity contribution in [3.05, 3.63) is 65.7 Å². The van der Waals surface area contributed by atoms with E-state index in [9.17, 15) is 4.79 Å². The number of nitrogens with zero attached hydrogens (tertiary/aromatic N) is 6. The van der Waals surface area contributed by atoms with Crippen molar-refractivity contribution in [1.82, 2.24) is 19.7 Å². The third kappa shape index (κ3) is 3.01. The maximum absolute atomic E-state index is 13.0. The second-order valence-corrected chi connectivity index (χ2v) is 9.19. The Bertz CT molecular complexity index is 1150. The minimum atomic E-state index is -0.127. The molecule has 0 saturated carbocycles. The number of aryl methyl sites for hydroxylation is 1. The Morgan fingerprint density at radius 2 is 1.88 bits per heavy atom. The highest BCUT2D eigenvalue weighted by molar-refractivity contribution is 6.04. The first-order valence-electron chi connectivity index (χ1n) is 11.4. The number of hydrogen-bond acceptors (Lipinski definition) is 6. The van der Waals surface area contributed by atoms with Crippen LogP contribution in [0.5, 0.6) is 0 Å². The summed E-state index contributed by atoms with van der Waals surface area (Å²) in [7, 11) is 0. The number of fused-ring (bicyclic) bond motifs is 2. The fraction of sp³-hybridized carbons (Fsp3) is 0.417. The molecule has 8 nitrogen and oxygen atoms in total. The molecular weight excluding hydrogens is 402 g/mol. The Kier molecular flexibility index (Phi) is 4.50. The number of amides is 1. The SMILES string of the molecule is NC1c2ccccc2CC12CCN(c1cnc(C(=O)N3CCCn4nccc43)cn1)CC2. The number of rotatable bonds is 2. The van der Waals surface area contributed by atoms with E-state index in [1.165, 1.54) is 11.1 Å². The highest BCUT2D eigenvalue weighted by Gasteiger charge is 2.45. The molecule has 3 aromatic rings. The molecule has 2 N–H and O–H groups in total. The van der Waals surface area contributed by atoms with Crippen LogP contribution in [0, 0.1) is 5.41 Å². The third-order valence-corrected chi connectivity index (χ3v) is 7.50. The molecule has 1 aliphatic carbocycles. The smallest absolute Gasteiger partial charge is 0.279 e. The Balaban J connectivity index is 1.14. The number of nitrogens with two attached hydrogens (primary N) is 1. The van der Waals surface area contributed by atoms with Gasteiger partial charge in [-0.25, -0.2) is 14.6 Å². The van der Waals surface area contributed by atoms with Crippen LogP contribution in [0.4, 0.5) is 11.6 Å². The molecule has 2 aliphatic heterocycles. The van der Waals surface area contributed by atoms with Crippen molar-refractivity contribution in [2.24, 2.45) is 11.1 Å². The largest absolute Gasteiger partial charge is 0.355 e. The second-order valence-electron chi connectivity index (χ2n) is 9.19. The summed E-state index contributed by atoms with van der Waals surface area (Å²) >= 11 is 0. The Hall–Kier alpha value is -3.26.